The second-order valence-electron chi connectivity index (χ2n) is 7.98. The van der Waals surface area contributed by atoms with Crippen LogP contribution in [0.2, 0.25) is 0 Å². The molecule has 2 fully saturated rings. The molecule has 0 aromatic heterocycles. The van der Waals surface area contributed by atoms with E-state index in [4.69, 9.17) is 4.84 Å². The lowest BCUT2D eigenvalue weighted by atomic mass is 9.90. The zero-order valence-corrected chi connectivity index (χ0v) is 17.2. The molecule has 0 bridgehead atoms. The molecule has 2 heterocycles. The van der Waals surface area contributed by atoms with Crippen molar-refractivity contribution in [3.8, 4) is 0 Å². The highest BCUT2D eigenvalue weighted by atomic mass is 19.1. The van der Waals surface area contributed by atoms with Crippen molar-refractivity contribution in [3.63, 3.8) is 0 Å². The molecule has 3 aromatic carbocycles. The summed E-state index contributed by atoms with van der Waals surface area (Å²) >= 11 is 0. The highest BCUT2D eigenvalue weighted by Crippen LogP contribution is 2.48. The number of carbonyl (C=O) groups excluding carboxylic acids is 2. The molecule has 3 aromatic rings. The Morgan fingerprint density at radius 3 is 2.29 bits per heavy atom. The predicted octanol–water partition coefficient (Wildman–Crippen LogP) is 4.49. The van der Waals surface area contributed by atoms with Crippen molar-refractivity contribution in [3.05, 3.63) is 95.3 Å². The van der Waals surface area contributed by atoms with E-state index in [0.29, 0.717) is 16.9 Å². The maximum Gasteiger partial charge on any atom is 0.266 e. The fourth-order valence-corrected chi connectivity index (χ4v) is 4.54. The normalized spacial score (nSPS) is 22.9. The van der Waals surface area contributed by atoms with Gasteiger partial charge < -0.3 is 0 Å². The number of para-hydroxylation sites is 1. The van der Waals surface area contributed by atoms with Gasteiger partial charge in [0.05, 0.1) is 17.4 Å². The molecule has 0 unspecified atom stereocenters. The van der Waals surface area contributed by atoms with Gasteiger partial charge in [-0.2, -0.15) is 0 Å². The van der Waals surface area contributed by atoms with E-state index in [0.717, 1.165) is 11.1 Å². The van der Waals surface area contributed by atoms with E-state index in [1.165, 1.54) is 16.0 Å². The van der Waals surface area contributed by atoms with E-state index < -0.39 is 29.8 Å². The first-order chi connectivity index (χ1) is 15.0. The van der Waals surface area contributed by atoms with Gasteiger partial charge in [0, 0.05) is 5.56 Å². The molecular weight excluding hydrogens is 395 g/mol. The number of nitrogens with zero attached hydrogens (tertiary/aromatic N) is 2. The van der Waals surface area contributed by atoms with Crippen molar-refractivity contribution in [1.29, 1.82) is 0 Å². The Labute approximate surface area is 179 Å². The number of hydrogen-bond donors (Lipinski definition) is 0. The minimum Gasteiger partial charge on any atom is -0.273 e. The summed E-state index contributed by atoms with van der Waals surface area (Å²) in [5, 5.41) is 1.50. The maximum atomic E-state index is 14.8. The summed E-state index contributed by atoms with van der Waals surface area (Å²) in [7, 11) is 0. The van der Waals surface area contributed by atoms with E-state index in [2.05, 4.69) is 0 Å². The number of hydroxylamine groups is 1. The van der Waals surface area contributed by atoms with Gasteiger partial charge in [-0.25, -0.2) is 14.4 Å². The van der Waals surface area contributed by atoms with E-state index >= 15 is 0 Å². The van der Waals surface area contributed by atoms with Crippen molar-refractivity contribution in [2.45, 2.75) is 26.0 Å². The Morgan fingerprint density at radius 1 is 0.871 bits per heavy atom. The van der Waals surface area contributed by atoms with Gasteiger partial charge in [0.2, 0.25) is 5.91 Å². The third-order valence-corrected chi connectivity index (χ3v) is 5.94. The summed E-state index contributed by atoms with van der Waals surface area (Å²) in [5.74, 6) is -2.11. The predicted molar refractivity (Wildman–Crippen MR) is 115 cm³/mol. The summed E-state index contributed by atoms with van der Waals surface area (Å²) in [6, 6.07) is 20.3. The molecule has 2 amide bonds. The average molecular weight is 416 g/mol. The van der Waals surface area contributed by atoms with Crippen LogP contribution in [0.1, 0.15) is 22.7 Å². The third-order valence-electron chi connectivity index (χ3n) is 5.94. The van der Waals surface area contributed by atoms with E-state index in [-0.39, 0.29) is 5.91 Å². The van der Waals surface area contributed by atoms with Gasteiger partial charge in [0.1, 0.15) is 11.7 Å². The summed E-state index contributed by atoms with van der Waals surface area (Å²) in [6.07, 6.45) is -1.02. The lowest BCUT2D eigenvalue weighted by molar-refractivity contribution is -0.126. The largest absolute Gasteiger partial charge is 0.273 e. The Morgan fingerprint density at radius 2 is 1.58 bits per heavy atom. The number of imide groups is 1. The first-order valence-corrected chi connectivity index (χ1v) is 10.2. The van der Waals surface area contributed by atoms with Crippen LogP contribution in [0, 0.1) is 25.6 Å². The molecule has 0 radical (unpaired) electrons. The molecule has 2 saturated heterocycles. The molecule has 2 aliphatic rings. The number of rotatable bonds is 3. The van der Waals surface area contributed by atoms with Crippen LogP contribution in [-0.2, 0) is 14.4 Å². The van der Waals surface area contributed by atoms with Crippen LogP contribution in [0.15, 0.2) is 72.8 Å². The van der Waals surface area contributed by atoms with Crippen molar-refractivity contribution in [1.82, 2.24) is 0 Å². The SMILES string of the molecule is Cc1ccc(N2C(=O)[C@@H]3[C@H](ON(c4ccccc4)[C@@H]3c3ccccc3F)C2=O)c(C)c1. The first kappa shape index (κ1) is 19.5. The fourth-order valence-electron chi connectivity index (χ4n) is 4.54. The highest BCUT2D eigenvalue weighted by molar-refractivity contribution is 6.24. The molecule has 5 rings (SSSR count). The number of carbonyl (C=O) groups is 2. The van der Waals surface area contributed by atoms with Crippen molar-refractivity contribution in [2.24, 2.45) is 5.92 Å². The second kappa shape index (κ2) is 7.32. The monoisotopic (exact) mass is 416 g/mol. The van der Waals surface area contributed by atoms with Crippen LogP contribution in [0.5, 0.6) is 0 Å². The number of amides is 2. The van der Waals surface area contributed by atoms with Crippen LogP contribution in [0.4, 0.5) is 15.8 Å². The molecular formula is C25H21FN2O3. The molecule has 0 aliphatic carbocycles. The Bertz CT molecular complexity index is 1180. The van der Waals surface area contributed by atoms with Gasteiger partial charge in [-0.1, -0.05) is 54.1 Å². The van der Waals surface area contributed by atoms with Crippen LogP contribution >= 0.6 is 0 Å². The fraction of sp³-hybridized carbons (Fsp3) is 0.200. The van der Waals surface area contributed by atoms with Gasteiger partial charge in [-0.05, 0) is 43.7 Å². The Balaban J connectivity index is 1.61. The van der Waals surface area contributed by atoms with Crippen molar-refractivity contribution in [2.75, 3.05) is 9.96 Å². The van der Waals surface area contributed by atoms with Crippen molar-refractivity contribution < 1.29 is 18.8 Å². The lowest BCUT2D eigenvalue weighted by Crippen LogP contribution is -2.38. The molecule has 31 heavy (non-hydrogen) atoms. The molecule has 3 atom stereocenters. The Hall–Kier alpha value is -3.51. The minimum atomic E-state index is -1.02. The molecule has 6 heteroatoms. The number of benzene rings is 3. The van der Waals surface area contributed by atoms with Crippen LogP contribution in [0.25, 0.3) is 0 Å². The summed E-state index contributed by atoms with van der Waals surface area (Å²) in [6.45, 7) is 3.82. The summed E-state index contributed by atoms with van der Waals surface area (Å²) in [4.78, 5) is 34.2. The molecule has 0 spiro atoms. The molecule has 0 saturated carbocycles. The molecule has 0 N–H and O–H groups in total. The molecule has 5 nitrogen and oxygen atoms in total. The van der Waals surface area contributed by atoms with Gasteiger partial charge in [0.15, 0.2) is 6.10 Å². The number of anilines is 2. The van der Waals surface area contributed by atoms with Gasteiger partial charge in [-0.15, -0.1) is 0 Å². The topological polar surface area (TPSA) is 49.9 Å². The van der Waals surface area contributed by atoms with Gasteiger partial charge in [-0.3, -0.25) is 14.4 Å². The van der Waals surface area contributed by atoms with Crippen LogP contribution in [-0.4, -0.2) is 17.9 Å². The van der Waals surface area contributed by atoms with Gasteiger partial charge in [0.25, 0.3) is 5.91 Å². The highest BCUT2D eigenvalue weighted by Gasteiger charge is 2.60. The summed E-state index contributed by atoms with van der Waals surface area (Å²) < 4.78 is 14.8. The smallest absolute Gasteiger partial charge is 0.266 e. The van der Waals surface area contributed by atoms with Crippen molar-refractivity contribution >= 4 is 23.2 Å². The number of aryl methyl sites for hydroxylation is 2. The van der Waals surface area contributed by atoms with Crippen LogP contribution < -0.4 is 9.96 Å². The van der Waals surface area contributed by atoms with Gasteiger partial charge >= 0.3 is 0 Å². The number of halogens is 1. The second-order valence-corrected chi connectivity index (χ2v) is 7.98. The third kappa shape index (κ3) is 3.02. The quantitative estimate of drug-likeness (QED) is 0.590. The standard InChI is InChI=1S/C25H21FN2O3/c1-15-12-13-20(16(2)14-15)27-24(29)21-22(18-10-6-7-11-19(18)26)28(31-23(21)25(27)30)17-8-4-3-5-9-17/h3-14,21-23H,1-2H3/t21-,22+,23-/m0/s1. The van der Waals surface area contributed by atoms with E-state index in [1.807, 2.05) is 56.3 Å². The molecule has 156 valence electrons. The average Bonchev–Trinajstić information content (AvgIpc) is 3.26. The molecule has 2 aliphatic heterocycles. The Kier molecular flexibility index (Phi) is 4.59. The lowest BCUT2D eigenvalue weighted by Gasteiger charge is -2.29. The van der Waals surface area contributed by atoms with E-state index in [9.17, 15) is 14.0 Å². The zero-order chi connectivity index (χ0) is 21.7. The van der Waals surface area contributed by atoms with E-state index in [1.54, 1.807) is 24.3 Å². The summed E-state index contributed by atoms with van der Waals surface area (Å²) in [5.41, 5.74) is 3.38. The maximum absolute atomic E-state index is 14.8. The number of hydrogen-bond acceptors (Lipinski definition) is 4. The zero-order valence-electron chi connectivity index (χ0n) is 17.2. The van der Waals surface area contributed by atoms with Crippen LogP contribution in [0.3, 0.4) is 0 Å². The first-order valence-electron chi connectivity index (χ1n) is 10.2. The number of fused-ring (bicyclic) bond motifs is 1. The minimum absolute atomic E-state index is 0.322.